The van der Waals surface area contributed by atoms with E-state index in [9.17, 15) is 9.59 Å². The number of carbonyl (C=O) groups is 1. The van der Waals surface area contributed by atoms with Crippen molar-refractivity contribution in [1.82, 2.24) is 29.6 Å². The molecule has 5 heterocycles. The summed E-state index contributed by atoms with van der Waals surface area (Å²) >= 11 is 7.39. The first-order valence-electron chi connectivity index (χ1n) is 15.2. The van der Waals surface area contributed by atoms with Gasteiger partial charge in [-0.05, 0) is 56.0 Å². The summed E-state index contributed by atoms with van der Waals surface area (Å²) in [5.74, 6) is -0.716. The third-order valence-corrected chi connectivity index (χ3v) is 9.46. The lowest BCUT2D eigenvalue weighted by Gasteiger charge is -2.45. The van der Waals surface area contributed by atoms with Crippen LogP contribution in [0.3, 0.4) is 0 Å². The number of pyridine rings is 1. The van der Waals surface area contributed by atoms with Gasteiger partial charge in [-0.2, -0.15) is 10.1 Å². The van der Waals surface area contributed by atoms with E-state index in [1.54, 1.807) is 17.3 Å². The predicted octanol–water partition coefficient (Wildman–Crippen LogP) is 5.84. The molecule has 3 aromatic heterocycles. The van der Waals surface area contributed by atoms with Gasteiger partial charge in [0, 0.05) is 41.8 Å². The molecule has 1 N–H and O–H groups in total. The number of nitrogens with one attached hydrogen (secondary N) is 1. The minimum Gasteiger partial charge on any atom is -0.487 e. The number of H-pyrrole nitrogens is 1. The van der Waals surface area contributed by atoms with E-state index >= 15 is 4.39 Å². The number of piperazine rings is 1. The standard InChI is InChI=1S/C34H33ClFN7O3/c1-7-23(44)41-13-19(6)42-20(14-41)15-46-32-26-31(27(35)25(28(32)36)24-17(4)8-9-22-21(24)12-38-40-22)43(34(45)39-33(26)42)30-18(5)10-11-37-29(30)16(2)3/h7-12,16,19-20H,1,13-15H2,2-6H3,(H,38,40). The molecule has 0 radical (unpaired) electrons. The number of rotatable bonds is 4. The fraction of sp³-hybridized carbons (Fsp3) is 0.324. The Balaban J connectivity index is 1.64. The lowest BCUT2D eigenvalue weighted by Crippen LogP contribution is -2.61. The summed E-state index contributed by atoms with van der Waals surface area (Å²) in [7, 11) is 0. The third kappa shape index (κ3) is 4.32. The summed E-state index contributed by atoms with van der Waals surface area (Å²) in [6.45, 7) is 14.0. The number of aromatic nitrogens is 5. The molecule has 2 atom stereocenters. The van der Waals surface area contributed by atoms with Crippen molar-refractivity contribution in [2.45, 2.75) is 52.6 Å². The highest BCUT2D eigenvalue weighted by molar-refractivity contribution is 6.39. The molecule has 0 spiro atoms. The molecule has 2 aromatic carbocycles. The monoisotopic (exact) mass is 641 g/mol. The minimum absolute atomic E-state index is 0.0426. The van der Waals surface area contributed by atoms with Crippen LogP contribution in [-0.4, -0.2) is 67.3 Å². The maximum atomic E-state index is 17.2. The van der Waals surface area contributed by atoms with E-state index in [0.29, 0.717) is 39.8 Å². The average Bonchev–Trinajstić information content (AvgIpc) is 3.43. The first-order chi connectivity index (χ1) is 22.0. The number of aromatic amines is 1. The Morgan fingerprint density at radius 3 is 2.72 bits per heavy atom. The van der Waals surface area contributed by atoms with E-state index in [2.05, 4.69) is 26.7 Å². The van der Waals surface area contributed by atoms with E-state index in [0.717, 1.165) is 11.1 Å². The van der Waals surface area contributed by atoms with Gasteiger partial charge < -0.3 is 14.5 Å². The van der Waals surface area contributed by atoms with Crippen molar-refractivity contribution in [3.63, 3.8) is 0 Å². The summed E-state index contributed by atoms with van der Waals surface area (Å²) in [5.41, 5.74) is 3.81. The fourth-order valence-corrected chi connectivity index (χ4v) is 7.40. The molecule has 10 nitrogen and oxygen atoms in total. The van der Waals surface area contributed by atoms with Gasteiger partial charge in [-0.1, -0.05) is 38.1 Å². The Bertz CT molecular complexity index is 2160. The molecule has 5 aromatic rings. The zero-order valence-electron chi connectivity index (χ0n) is 26.2. The topological polar surface area (TPSA) is 109 Å². The van der Waals surface area contributed by atoms with E-state index in [1.807, 2.05) is 57.7 Å². The Kier molecular flexibility index (Phi) is 7.11. The molecule has 0 saturated carbocycles. The van der Waals surface area contributed by atoms with Gasteiger partial charge >= 0.3 is 5.69 Å². The van der Waals surface area contributed by atoms with E-state index in [-0.39, 0.29) is 58.7 Å². The Hall–Kier alpha value is -4.77. The number of amides is 1. The maximum Gasteiger partial charge on any atom is 0.354 e. The smallest absolute Gasteiger partial charge is 0.354 e. The van der Waals surface area contributed by atoms with Crippen molar-refractivity contribution in [1.29, 1.82) is 0 Å². The molecule has 12 heteroatoms. The van der Waals surface area contributed by atoms with Crippen LogP contribution < -0.4 is 15.3 Å². The Labute approximate surface area is 269 Å². The van der Waals surface area contributed by atoms with Gasteiger partial charge in [0.15, 0.2) is 11.6 Å². The minimum atomic E-state index is -0.666. The van der Waals surface area contributed by atoms with Gasteiger partial charge in [0.25, 0.3) is 0 Å². The molecule has 1 saturated heterocycles. The number of hydrogen-bond donors (Lipinski definition) is 1. The van der Waals surface area contributed by atoms with Crippen LogP contribution in [0.1, 0.15) is 43.5 Å². The molecular formula is C34H33ClFN7O3. The highest BCUT2D eigenvalue weighted by Gasteiger charge is 2.41. The summed E-state index contributed by atoms with van der Waals surface area (Å²) in [4.78, 5) is 40.0. The second-order valence-corrected chi connectivity index (χ2v) is 12.8. The first-order valence-corrected chi connectivity index (χ1v) is 15.6. The predicted molar refractivity (Wildman–Crippen MR) is 177 cm³/mol. The van der Waals surface area contributed by atoms with Crippen molar-refractivity contribution >= 4 is 45.1 Å². The molecule has 1 amide bonds. The van der Waals surface area contributed by atoms with Crippen molar-refractivity contribution in [2.75, 3.05) is 24.6 Å². The van der Waals surface area contributed by atoms with Crippen molar-refractivity contribution < 1.29 is 13.9 Å². The molecule has 236 valence electrons. The molecule has 2 aliphatic heterocycles. The molecule has 0 bridgehead atoms. The molecule has 7 rings (SSSR count). The Morgan fingerprint density at radius 1 is 1.20 bits per heavy atom. The van der Waals surface area contributed by atoms with Gasteiger partial charge in [-0.25, -0.2) is 9.18 Å². The summed E-state index contributed by atoms with van der Waals surface area (Å²) in [5, 5.41) is 8.16. The average molecular weight is 642 g/mol. The van der Waals surface area contributed by atoms with Crippen LogP contribution in [0.5, 0.6) is 5.75 Å². The zero-order valence-corrected chi connectivity index (χ0v) is 26.9. The van der Waals surface area contributed by atoms with E-state index in [1.165, 1.54) is 10.6 Å². The van der Waals surface area contributed by atoms with Crippen LogP contribution in [-0.2, 0) is 4.79 Å². The molecule has 0 aliphatic carbocycles. The van der Waals surface area contributed by atoms with Gasteiger partial charge in [0.05, 0.1) is 45.1 Å². The fourth-order valence-electron chi connectivity index (χ4n) is 7.04. The molecule has 46 heavy (non-hydrogen) atoms. The van der Waals surface area contributed by atoms with Crippen LogP contribution in [0.25, 0.3) is 38.6 Å². The van der Waals surface area contributed by atoms with Gasteiger partial charge in [0.2, 0.25) is 5.91 Å². The van der Waals surface area contributed by atoms with Crippen molar-refractivity contribution in [2.24, 2.45) is 0 Å². The van der Waals surface area contributed by atoms with Crippen molar-refractivity contribution in [3.05, 3.63) is 81.4 Å². The zero-order chi connectivity index (χ0) is 32.6. The van der Waals surface area contributed by atoms with Gasteiger partial charge in [0.1, 0.15) is 12.4 Å². The summed E-state index contributed by atoms with van der Waals surface area (Å²) in [6, 6.07) is 4.87. The third-order valence-electron chi connectivity index (χ3n) is 9.09. The molecule has 1 fully saturated rings. The highest BCUT2D eigenvalue weighted by atomic mass is 35.5. The van der Waals surface area contributed by atoms with Crippen molar-refractivity contribution in [3.8, 4) is 22.6 Å². The lowest BCUT2D eigenvalue weighted by atomic mass is 9.94. The number of fused-ring (bicyclic) bond motifs is 3. The Morgan fingerprint density at radius 2 is 1.98 bits per heavy atom. The largest absolute Gasteiger partial charge is 0.487 e. The highest BCUT2D eigenvalue weighted by Crippen LogP contribution is 2.50. The van der Waals surface area contributed by atoms with Crippen LogP contribution in [0, 0.1) is 19.7 Å². The van der Waals surface area contributed by atoms with Crippen LogP contribution in [0.15, 0.2) is 48.0 Å². The normalized spacial score (nSPS) is 17.7. The number of halogens is 2. The number of anilines is 1. The number of ether oxygens (including phenoxy) is 1. The number of carbonyl (C=O) groups excluding carboxylic acids is 1. The first kappa shape index (κ1) is 29.9. The van der Waals surface area contributed by atoms with Gasteiger partial charge in [-0.15, -0.1) is 0 Å². The second kappa shape index (κ2) is 10.9. The maximum absolute atomic E-state index is 17.2. The van der Waals surface area contributed by atoms with Crippen LogP contribution in [0.2, 0.25) is 5.02 Å². The lowest BCUT2D eigenvalue weighted by molar-refractivity contribution is -0.127. The van der Waals surface area contributed by atoms with Crippen LogP contribution in [0.4, 0.5) is 10.2 Å². The molecule has 2 unspecified atom stereocenters. The number of nitrogens with zero attached hydrogens (tertiary/aromatic N) is 6. The van der Waals surface area contributed by atoms with Crippen LogP contribution >= 0.6 is 11.6 Å². The quantitative estimate of drug-likeness (QED) is 0.246. The number of hydrogen-bond acceptors (Lipinski definition) is 7. The molecular weight excluding hydrogens is 609 g/mol. The van der Waals surface area contributed by atoms with E-state index in [4.69, 9.17) is 16.3 Å². The SMILES string of the molecule is C=CC(=O)N1CC(C)N2c3nc(=O)n(-c4c(C)ccnc4C(C)C)c4c(Cl)c(-c5c(C)ccc6[nH]ncc56)c(F)c(c34)OCC2C1. The summed E-state index contributed by atoms with van der Waals surface area (Å²) in [6.07, 6.45) is 4.62. The van der Waals surface area contributed by atoms with E-state index < -0.39 is 17.5 Å². The second-order valence-electron chi connectivity index (χ2n) is 12.4. The number of aryl methyl sites for hydroxylation is 2. The summed E-state index contributed by atoms with van der Waals surface area (Å²) < 4.78 is 25.1. The van der Waals surface area contributed by atoms with Gasteiger partial charge in [-0.3, -0.25) is 19.4 Å². The number of benzene rings is 2. The molecule has 2 aliphatic rings.